The summed E-state index contributed by atoms with van der Waals surface area (Å²) in [5.74, 6) is -0.890. The molecule has 0 aromatic carbocycles. The van der Waals surface area contributed by atoms with Crippen molar-refractivity contribution in [3.05, 3.63) is 36.5 Å². The summed E-state index contributed by atoms with van der Waals surface area (Å²) in [6.07, 6.45) is 56.9. The Hall–Kier alpha value is -2.37. The van der Waals surface area contributed by atoms with Crippen molar-refractivity contribution in [2.45, 2.75) is 277 Å². The zero-order valence-corrected chi connectivity index (χ0v) is 40.0. The van der Waals surface area contributed by atoms with Crippen LogP contribution in [0.2, 0.25) is 0 Å². The van der Waals surface area contributed by atoms with Gasteiger partial charge in [-0.1, -0.05) is 211 Å². The van der Waals surface area contributed by atoms with E-state index in [0.717, 1.165) is 83.5 Å². The van der Waals surface area contributed by atoms with Crippen LogP contribution in [0.3, 0.4) is 0 Å². The van der Waals surface area contributed by atoms with Gasteiger partial charge in [-0.2, -0.15) is 0 Å². The normalized spacial score (nSPS) is 12.2. The standard InChI is InChI=1S/C54H98O6/c1-4-7-10-13-16-19-22-25-27-28-30-32-35-38-41-44-47-53(56)59-50-51(49-58-52(55)46-43-40-37-34-31-24-21-18-15-12-9-6-3)60-54(57)48-45-42-39-36-33-29-26-23-20-17-14-11-8-5-2/h18-19,21-22,27-28,51H,4-17,20,23-26,29-50H2,1-3H3/b21-18-,22-19-,28-27-. The van der Waals surface area contributed by atoms with E-state index in [4.69, 9.17) is 14.2 Å². The predicted octanol–water partition coefficient (Wildman–Crippen LogP) is 16.9. The van der Waals surface area contributed by atoms with Gasteiger partial charge in [0.25, 0.3) is 0 Å². The molecule has 0 aromatic rings. The number of unbranched alkanes of at least 4 members (excludes halogenated alkanes) is 30. The summed E-state index contributed by atoms with van der Waals surface area (Å²) in [5.41, 5.74) is 0. The predicted molar refractivity (Wildman–Crippen MR) is 256 cm³/mol. The number of hydrogen-bond acceptors (Lipinski definition) is 6. The van der Waals surface area contributed by atoms with Gasteiger partial charge in [0.2, 0.25) is 0 Å². The minimum Gasteiger partial charge on any atom is -0.462 e. The molecule has 0 spiro atoms. The lowest BCUT2D eigenvalue weighted by atomic mass is 10.0. The van der Waals surface area contributed by atoms with Gasteiger partial charge >= 0.3 is 17.9 Å². The van der Waals surface area contributed by atoms with Crippen molar-refractivity contribution >= 4 is 17.9 Å². The highest BCUT2D eigenvalue weighted by Crippen LogP contribution is 2.15. The average molecular weight is 843 g/mol. The van der Waals surface area contributed by atoms with Crippen LogP contribution < -0.4 is 0 Å². The maximum Gasteiger partial charge on any atom is 0.306 e. The van der Waals surface area contributed by atoms with Crippen molar-refractivity contribution in [3.8, 4) is 0 Å². The fraction of sp³-hybridized carbons (Fsp3) is 0.833. The lowest BCUT2D eigenvalue weighted by Crippen LogP contribution is -2.30. The summed E-state index contributed by atoms with van der Waals surface area (Å²) in [7, 11) is 0. The van der Waals surface area contributed by atoms with Gasteiger partial charge in [0.15, 0.2) is 6.10 Å². The van der Waals surface area contributed by atoms with Crippen LogP contribution in [0.15, 0.2) is 36.5 Å². The van der Waals surface area contributed by atoms with E-state index in [1.807, 2.05) is 0 Å². The second-order valence-electron chi connectivity index (χ2n) is 17.4. The van der Waals surface area contributed by atoms with E-state index in [9.17, 15) is 14.4 Å². The molecular formula is C54H98O6. The maximum atomic E-state index is 12.8. The largest absolute Gasteiger partial charge is 0.462 e. The van der Waals surface area contributed by atoms with Crippen LogP contribution in [0.4, 0.5) is 0 Å². The molecule has 0 aromatic heterocycles. The number of allylic oxidation sites excluding steroid dienone is 6. The van der Waals surface area contributed by atoms with Crippen LogP contribution in [0, 0.1) is 0 Å². The first-order valence-electron chi connectivity index (χ1n) is 26.0. The first-order chi connectivity index (χ1) is 29.5. The molecule has 0 aliphatic carbocycles. The van der Waals surface area contributed by atoms with Crippen LogP contribution >= 0.6 is 0 Å². The van der Waals surface area contributed by atoms with Gasteiger partial charge in [0.1, 0.15) is 13.2 Å². The Morgan fingerprint density at radius 2 is 0.600 bits per heavy atom. The lowest BCUT2D eigenvalue weighted by Gasteiger charge is -2.18. The Balaban J connectivity index is 4.38. The lowest BCUT2D eigenvalue weighted by molar-refractivity contribution is -0.167. The number of ether oxygens (including phenoxy) is 3. The van der Waals surface area contributed by atoms with Gasteiger partial charge in [-0.05, 0) is 77.0 Å². The summed E-state index contributed by atoms with van der Waals surface area (Å²) >= 11 is 0. The molecule has 0 fully saturated rings. The van der Waals surface area contributed by atoms with E-state index in [1.54, 1.807) is 0 Å². The summed E-state index contributed by atoms with van der Waals surface area (Å²) < 4.78 is 16.8. The summed E-state index contributed by atoms with van der Waals surface area (Å²) in [6, 6.07) is 0. The van der Waals surface area contributed by atoms with E-state index in [0.29, 0.717) is 19.3 Å². The highest BCUT2D eigenvalue weighted by Gasteiger charge is 2.19. The smallest absolute Gasteiger partial charge is 0.306 e. The Bertz CT molecular complexity index is 1020. The number of carbonyl (C=O) groups is 3. The van der Waals surface area contributed by atoms with E-state index < -0.39 is 6.10 Å². The van der Waals surface area contributed by atoms with Crippen molar-refractivity contribution < 1.29 is 28.6 Å². The molecule has 0 radical (unpaired) electrons. The molecule has 0 aliphatic rings. The summed E-state index contributed by atoms with van der Waals surface area (Å²) in [4.78, 5) is 37.9. The van der Waals surface area contributed by atoms with Gasteiger partial charge in [-0.3, -0.25) is 14.4 Å². The molecule has 0 rings (SSSR count). The number of hydrogen-bond donors (Lipinski definition) is 0. The Labute approximate surface area is 372 Å². The van der Waals surface area contributed by atoms with Crippen molar-refractivity contribution in [2.24, 2.45) is 0 Å². The molecule has 0 saturated heterocycles. The van der Waals surface area contributed by atoms with Crippen LogP contribution in [-0.4, -0.2) is 37.2 Å². The molecule has 0 aliphatic heterocycles. The second kappa shape index (κ2) is 49.3. The molecule has 6 heteroatoms. The molecular weight excluding hydrogens is 745 g/mol. The van der Waals surface area contributed by atoms with Crippen LogP contribution in [0.25, 0.3) is 0 Å². The molecule has 1 atom stereocenters. The van der Waals surface area contributed by atoms with E-state index in [-0.39, 0.29) is 31.1 Å². The number of esters is 3. The van der Waals surface area contributed by atoms with Crippen LogP contribution in [0.5, 0.6) is 0 Å². The van der Waals surface area contributed by atoms with Gasteiger partial charge in [-0.15, -0.1) is 0 Å². The van der Waals surface area contributed by atoms with Crippen molar-refractivity contribution in [3.63, 3.8) is 0 Å². The van der Waals surface area contributed by atoms with Gasteiger partial charge < -0.3 is 14.2 Å². The molecule has 350 valence electrons. The molecule has 0 bridgehead atoms. The summed E-state index contributed by atoms with van der Waals surface area (Å²) in [6.45, 7) is 6.60. The molecule has 1 unspecified atom stereocenters. The highest BCUT2D eigenvalue weighted by molar-refractivity contribution is 5.71. The third kappa shape index (κ3) is 46.7. The quantitative estimate of drug-likeness (QED) is 0.0263. The van der Waals surface area contributed by atoms with E-state index in [1.165, 1.54) is 148 Å². The minimum absolute atomic E-state index is 0.0784. The third-order valence-corrected chi connectivity index (χ3v) is 11.4. The molecule has 0 heterocycles. The second-order valence-corrected chi connectivity index (χ2v) is 17.4. The molecule has 60 heavy (non-hydrogen) atoms. The SMILES string of the molecule is CCCCC/C=C\CCCCCCCC(=O)OCC(COC(=O)CCCCCCC/C=C\C/C=C\CCCCCC)OC(=O)CCCCCCCCCCCCCCCC. The Kier molecular flexibility index (Phi) is 47.3. The zero-order valence-electron chi connectivity index (χ0n) is 40.0. The van der Waals surface area contributed by atoms with Crippen LogP contribution in [-0.2, 0) is 28.6 Å². The van der Waals surface area contributed by atoms with Crippen LogP contribution in [0.1, 0.15) is 271 Å². The first kappa shape index (κ1) is 57.6. The summed E-state index contributed by atoms with van der Waals surface area (Å²) in [5, 5.41) is 0. The number of carbonyl (C=O) groups excluding carboxylic acids is 3. The molecule has 6 nitrogen and oxygen atoms in total. The van der Waals surface area contributed by atoms with E-state index >= 15 is 0 Å². The highest BCUT2D eigenvalue weighted by atomic mass is 16.6. The topological polar surface area (TPSA) is 78.9 Å². The maximum absolute atomic E-state index is 12.8. The molecule has 0 amide bonds. The number of rotatable bonds is 47. The zero-order chi connectivity index (χ0) is 43.7. The minimum atomic E-state index is -0.776. The van der Waals surface area contributed by atoms with Gasteiger partial charge in [-0.25, -0.2) is 0 Å². The van der Waals surface area contributed by atoms with E-state index in [2.05, 4.69) is 57.2 Å². The molecule has 0 saturated carbocycles. The fourth-order valence-corrected chi connectivity index (χ4v) is 7.41. The first-order valence-corrected chi connectivity index (χ1v) is 26.0. The molecule has 0 N–H and O–H groups in total. The van der Waals surface area contributed by atoms with Crippen molar-refractivity contribution in [1.82, 2.24) is 0 Å². The van der Waals surface area contributed by atoms with Gasteiger partial charge in [0.05, 0.1) is 0 Å². The average Bonchev–Trinajstić information content (AvgIpc) is 3.24. The Morgan fingerprint density at radius 3 is 0.983 bits per heavy atom. The fourth-order valence-electron chi connectivity index (χ4n) is 7.41. The Morgan fingerprint density at radius 1 is 0.333 bits per heavy atom. The van der Waals surface area contributed by atoms with Crippen molar-refractivity contribution in [2.75, 3.05) is 13.2 Å². The van der Waals surface area contributed by atoms with Gasteiger partial charge in [0, 0.05) is 19.3 Å². The monoisotopic (exact) mass is 843 g/mol. The van der Waals surface area contributed by atoms with Crippen molar-refractivity contribution in [1.29, 1.82) is 0 Å². The third-order valence-electron chi connectivity index (χ3n) is 11.4.